The van der Waals surface area contributed by atoms with Crippen molar-refractivity contribution >= 4 is 52.5 Å². The number of aryl methyl sites for hydroxylation is 1. The number of hydrogen-bond donors (Lipinski definition) is 1. The predicted molar refractivity (Wildman–Crippen MR) is 181 cm³/mol. The number of amides is 3. The number of hydrogen-bond acceptors (Lipinski definition) is 6. The molecule has 3 amide bonds. The number of carbonyl (C=O) groups excluding carboxylic acids is 3. The summed E-state index contributed by atoms with van der Waals surface area (Å²) in [5, 5.41) is 9.88. The zero-order valence-corrected chi connectivity index (χ0v) is 27.6. The zero-order valence-electron chi connectivity index (χ0n) is 26.0. The van der Waals surface area contributed by atoms with Gasteiger partial charge in [-0.25, -0.2) is 0 Å². The van der Waals surface area contributed by atoms with E-state index in [9.17, 15) is 19.5 Å². The molecule has 0 radical (unpaired) electrons. The maximum atomic E-state index is 14.8. The summed E-state index contributed by atoms with van der Waals surface area (Å²) in [6.07, 6.45) is 5.79. The molecule has 5 rings (SSSR count). The lowest BCUT2D eigenvalue weighted by atomic mass is 9.70. The second kappa shape index (κ2) is 14.0. The molecule has 240 valence electrons. The molecule has 3 saturated heterocycles. The van der Waals surface area contributed by atoms with Gasteiger partial charge in [0.15, 0.2) is 0 Å². The van der Waals surface area contributed by atoms with E-state index in [1.807, 2.05) is 50.2 Å². The van der Waals surface area contributed by atoms with Gasteiger partial charge in [0.2, 0.25) is 11.8 Å². The van der Waals surface area contributed by atoms with Crippen molar-refractivity contribution in [2.24, 2.45) is 11.8 Å². The van der Waals surface area contributed by atoms with E-state index in [4.69, 9.17) is 16.3 Å². The van der Waals surface area contributed by atoms with Crippen molar-refractivity contribution in [3.8, 4) is 5.75 Å². The largest absolute Gasteiger partial charge is 0.494 e. The fourth-order valence-electron chi connectivity index (χ4n) is 7.40. The Balaban J connectivity index is 1.54. The molecule has 3 aliphatic heterocycles. The number of para-hydroxylation sites is 1. The molecule has 1 N–H and O–H groups in total. The van der Waals surface area contributed by atoms with Crippen LogP contribution in [0.25, 0.3) is 0 Å². The maximum Gasteiger partial charge on any atom is 0.251 e. The number of nitrogens with zero attached hydrogens (tertiary/aromatic N) is 3. The first-order chi connectivity index (χ1) is 21.7. The minimum Gasteiger partial charge on any atom is -0.494 e. The Hall–Kier alpha value is -3.27. The lowest BCUT2D eigenvalue weighted by Gasteiger charge is -2.38. The predicted octanol–water partition coefficient (Wildman–Crippen LogP) is 5.65. The van der Waals surface area contributed by atoms with E-state index in [0.717, 1.165) is 12.0 Å². The molecule has 3 aliphatic rings. The highest BCUT2D eigenvalue weighted by Crippen LogP contribution is 2.67. The highest BCUT2D eigenvalue weighted by Gasteiger charge is 2.74. The number of benzene rings is 2. The Bertz CT molecular complexity index is 1430. The molecule has 2 bridgehead atoms. The van der Waals surface area contributed by atoms with Crippen LogP contribution in [0.5, 0.6) is 5.75 Å². The molecule has 3 heterocycles. The maximum absolute atomic E-state index is 14.8. The first-order valence-electron chi connectivity index (χ1n) is 15.7. The van der Waals surface area contributed by atoms with E-state index in [2.05, 4.69) is 13.2 Å². The highest BCUT2D eigenvalue weighted by atomic mass is 35.5. The number of carbonyl (C=O) groups is 3. The van der Waals surface area contributed by atoms with Crippen LogP contribution in [0.15, 0.2) is 67.8 Å². The molecule has 0 saturated carbocycles. The van der Waals surface area contributed by atoms with Crippen molar-refractivity contribution in [2.75, 3.05) is 42.6 Å². The summed E-state index contributed by atoms with van der Waals surface area (Å²) in [7, 11) is 0. The Morgan fingerprint density at radius 3 is 2.47 bits per heavy atom. The fourth-order valence-corrected chi connectivity index (χ4v) is 9.93. The van der Waals surface area contributed by atoms with Gasteiger partial charge in [0.25, 0.3) is 5.91 Å². The van der Waals surface area contributed by atoms with Gasteiger partial charge in [0.05, 0.1) is 33.9 Å². The van der Waals surface area contributed by atoms with Gasteiger partial charge in [-0.2, -0.15) is 0 Å². The normalized spacial score (nSPS) is 24.8. The van der Waals surface area contributed by atoms with Gasteiger partial charge in [-0.3, -0.25) is 14.4 Å². The van der Waals surface area contributed by atoms with E-state index >= 15 is 0 Å². The Labute approximate surface area is 275 Å². The molecule has 1 spiro atoms. The standard InChI is InChI=1S/C35H42ClN3O5S/c1-5-19-37(24-13-15-25(16-14-24)44-7-3)32(41)28-27-17-18-35(45-27)29(28)33(42)39(21-8-9-22-40)31(35)34(43)38(20-6-2)30-23(4)11-10-12-26(30)36/h5-6,10-16,27-29,31,40H,1-2,7-9,17-22H2,3-4H3/t27-,28+,29+,31?,35?/m1/s1. The van der Waals surface area contributed by atoms with Crippen molar-refractivity contribution < 1.29 is 24.2 Å². The van der Waals surface area contributed by atoms with Gasteiger partial charge in [-0.05, 0) is 75.4 Å². The van der Waals surface area contributed by atoms with Gasteiger partial charge in [0, 0.05) is 37.2 Å². The summed E-state index contributed by atoms with van der Waals surface area (Å²) >= 11 is 8.31. The molecule has 0 aromatic heterocycles. The minimum absolute atomic E-state index is 0.00679. The Morgan fingerprint density at radius 2 is 1.82 bits per heavy atom. The van der Waals surface area contributed by atoms with E-state index in [1.54, 1.807) is 44.7 Å². The molecule has 8 nitrogen and oxygen atoms in total. The first kappa shape index (κ1) is 33.1. The van der Waals surface area contributed by atoms with Crippen LogP contribution < -0.4 is 14.5 Å². The summed E-state index contributed by atoms with van der Waals surface area (Å²) in [6.45, 7) is 13.0. The van der Waals surface area contributed by atoms with Crippen LogP contribution in [0.1, 0.15) is 38.2 Å². The zero-order chi connectivity index (χ0) is 32.3. The number of unbranched alkanes of at least 4 members (excludes halogenated alkanes) is 1. The van der Waals surface area contributed by atoms with Crippen molar-refractivity contribution in [3.63, 3.8) is 0 Å². The Kier molecular flexibility index (Phi) is 10.3. The van der Waals surface area contributed by atoms with E-state index in [0.29, 0.717) is 54.6 Å². The number of rotatable bonds is 14. The lowest BCUT2D eigenvalue weighted by molar-refractivity contribution is -0.139. The van der Waals surface area contributed by atoms with Gasteiger partial charge in [-0.15, -0.1) is 24.9 Å². The van der Waals surface area contributed by atoms with Crippen LogP contribution in [-0.4, -0.2) is 76.6 Å². The van der Waals surface area contributed by atoms with Crippen LogP contribution in [0, 0.1) is 18.8 Å². The van der Waals surface area contributed by atoms with Crippen molar-refractivity contribution in [1.82, 2.24) is 4.90 Å². The van der Waals surface area contributed by atoms with Gasteiger partial charge in [0.1, 0.15) is 11.8 Å². The second-order valence-corrected chi connectivity index (χ2v) is 13.8. The number of anilines is 2. The number of aliphatic hydroxyl groups is 1. The molecule has 2 unspecified atom stereocenters. The third kappa shape index (κ3) is 5.90. The molecule has 2 aromatic rings. The second-order valence-electron chi connectivity index (χ2n) is 11.8. The van der Waals surface area contributed by atoms with E-state index in [1.165, 1.54) is 0 Å². The van der Waals surface area contributed by atoms with Crippen LogP contribution >= 0.6 is 23.4 Å². The molecule has 3 fully saturated rings. The molecule has 45 heavy (non-hydrogen) atoms. The molecule has 10 heteroatoms. The summed E-state index contributed by atoms with van der Waals surface area (Å²) in [5.74, 6) is -1.04. The number of fused-ring (bicyclic) bond motifs is 1. The average molecular weight is 652 g/mol. The summed E-state index contributed by atoms with van der Waals surface area (Å²) < 4.78 is 4.84. The van der Waals surface area contributed by atoms with Crippen LogP contribution in [0.2, 0.25) is 5.02 Å². The Morgan fingerprint density at radius 1 is 1.11 bits per heavy atom. The monoisotopic (exact) mass is 651 g/mol. The smallest absolute Gasteiger partial charge is 0.251 e. The molecule has 2 aromatic carbocycles. The van der Waals surface area contributed by atoms with Gasteiger partial charge in [-0.1, -0.05) is 35.9 Å². The van der Waals surface area contributed by atoms with Crippen molar-refractivity contribution in [1.29, 1.82) is 0 Å². The number of aliphatic hydroxyl groups excluding tert-OH is 1. The van der Waals surface area contributed by atoms with Gasteiger partial charge < -0.3 is 24.5 Å². The first-order valence-corrected chi connectivity index (χ1v) is 16.9. The minimum atomic E-state index is -0.782. The summed E-state index contributed by atoms with van der Waals surface area (Å²) in [5.41, 5.74) is 2.15. The third-order valence-corrected chi connectivity index (χ3v) is 11.5. The average Bonchev–Trinajstić information content (AvgIpc) is 3.67. The topological polar surface area (TPSA) is 90.4 Å². The fraction of sp³-hybridized carbons (Fsp3) is 0.457. The number of thioether (sulfide) groups is 1. The molecule has 5 atom stereocenters. The number of likely N-dealkylation sites (tertiary alicyclic amines) is 1. The number of halogens is 1. The van der Waals surface area contributed by atoms with Crippen molar-refractivity contribution in [2.45, 2.75) is 55.6 Å². The third-order valence-electron chi connectivity index (χ3n) is 9.20. The summed E-state index contributed by atoms with van der Waals surface area (Å²) in [4.78, 5) is 48.9. The van der Waals surface area contributed by atoms with E-state index < -0.39 is 22.6 Å². The molecule has 0 aliphatic carbocycles. The van der Waals surface area contributed by atoms with Crippen LogP contribution in [0.3, 0.4) is 0 Å². The quantitative estimate of drug-likeness (QED) is 0.210. The highest BCUT2D eigenvalue weighted by molar-refractivity contribution is 8.02. The van der Waals surface area contributed by atoms with E-state index in [-0.39, 0.29) is 42.7 Å². The lowest BCUT2D eigenvalue weighted by Crippen LogP contribution is -2.55. The SMILES string of the molecule is C=CCN(C(=O)[C@@H]1[C@H]2C(=O)N(CCCCO)C(C(=O)N(CC=C)c3c(C)cccc3Cl)C23CC[C@H]1S3)c1ccc(OCC)cc1. The number of ether oxygens (including phenoxy) is 1. The molecular weight excluding hydrogens is 610 g/mol. The summed E-state index contributed by atoms with van der Waals surface area (Å²) in [6, 6.07) is 12.1. The van der Waals surface area contributed by atoms with Crippen molar-refractivity contribution in [3.05, 3.63) is 78.4 Å². The van der Waals surface area contributed by atoms with Crippen LogP contribution in [0.4, 0.5) is 11.4 Å². The molecular formula is C35H42ClN3O5S. The van der Waals surface area contributed by atoms with Gasteiger partial charge >= 0.3 is 0 Å². The van der Waals surface area contributed by atoms with Crippen LogP contribution in [-0.2, 0) is 14.4 Å².